The summed E-state index contributed by atoms with van der Waals surface area (Å²) in [6.45, 7) is 3.80. The van der Waals surface area contributed by atoms with Gasteiger partial charge in [-0.05, 0) is 159 Å². The maximum atomic E-state index is 13.7. The summed E-state index contributed by atoms with van der Waals surface area (Å²) in [5, 5.41) is 19.1. The van der Waals surface area contributed by atoms with Gasteiger partial charge >= 0.3 is 36.1 Å². The summed E-state index contributed by atoms with van der Waals surface area (Å²) >= 11 is 0. The standard InChI is InChI=1S/C46H36N6O14S3/c1-3-61-41-47-43(63-31-9-21-37(22-10-31)67(55,56)35-17-5-29(53)6-18-35)51-45(49-41)65-33-13-25-39(26-14-33)69(59,60)40-27-15-34(16-28-40)66-46-50-42(62-4-2)48-44(52-46)64-32-11-23-38(24-12-32)68(57,58)36-19-7-30(54)8-20-36/h5-28,53-54H,3-4H2,1-2H3. The number of phenols is 2. The second-order valence-electron chi connectivity index (χ2n) is 14.0. The average molecular weight is 993 g/mol. The summed E-state index contributed by atoms with van der Waals surface area (Å²) in [5.74, 6) is 0.532. The van der Waals surface area contributed by atoms with Crippen molar-refractivity contribution in [2.24, 2.45) is 0 Å². The van der Waals surface area contributed by atoms with Crippen molar-refractivity contribution < 1.29 is 63.9 Å². The zero-order valence-corrected chi connectivity index (χ0v) is 38.4. The number of nitrogens with zero attached hydrogens (tertiary/aromatic N) is 6. The Bertz CT molecular complexity index is 3220. The van der Waals surface area contributed by atoms with Crippen molar-refractivity contribution in [3.8, 4) is 70.6 Å². The van der Waals surface area contributed by atoms with E-state index < -0.39 is 29.5 Å². The lowest BCUT2D eigenvalue weighted by Crippen LogP contribution is -2.05. The lowest BCUT2D eigenvalue weighted by molar-refractivity contribution is 0.292. The van der Waals surface area contributed by atoms with Crippen LogP contribution < -0.4 is 28.4 Å². The topological polar surface area (TPSA) is 276 Å². The summed E-state index contributed by atoms with van der Waals surface area (Å²) in [6.07, 6.45) is 0. The SMILES string of the molecule is CCOc1nc(Oc2ccc(S(=O)(=O)c3ccc(O)cc3)cc2)nc(Oc2ccc(S(=O)(=O)c3ccc(Oc4nc(OCC)nc(Oc5ccc(S(=O)(=O)c6ccc(O)cc6)cc5)n4)cc3)cc2)n1. The number of benzene rings is 6. The molecule has 8 aromatic rings. The molecule has 23 heteroatoms. The molecule has 0 aliphatic heterocycles. The molecule has 0 aliphatic rings. The molecule has 0 amide bonds. The van der Waals surface area contributed by atoms with Gasteiger partial charge in [-0.25, -0.2) is 25.3 Å². The van der Waals surface area contributed by atoms with E-state index in [9.17, 15) is 35.5 Å². The molecule has 69 heavy (non-hydrogen) atoms. The third-order valence-corrected chi connectivity index (χ3v) is 14.7. The van der Waals surface area contributed by atoms with Gasteiger partial charge in [0, 0.05) is 0 Å². The highest BCUT2D eigenvalue weighted by molar-refractivity contribution is 7.92. The van der Waals surface area contributed by atoms with Gasteiger partial charge in [0.25, 0.3) is 0 Å². The van der Waals surface area contributed by atoms with E-state index in [1.54, 1.807) is 13.8 Å². The summed E-state index contributed by atoms with van der Waals surface area (Å²) < 4.78 is 114. The first kappa shape index (κ1) is 47.1. The first-order chi connectivity index (χ1) is 33.1. The molecule has 2 aromatic heterocycles. The maximum Gasteiger partial charge on any atom is 0.331 e. The number of aromatic nitrogens is 6. The number of hydrogen-bond donors (Lipinski definition) is 2. The molecule has 8 rings (SSSR count). The van der Waals surface area contributed by atoms with Crippen LogP contribution in [0.25, 0.3) is 0 Å². The smallest absolute Gasteiger partial charge is 0.331 e. The van der Waals surface area contributed by atoms with E-state index in [0.717, 1.165) is 0 Å². The molecule has 352 valence electrons. The fraction of sp³-hybridized carbons (Fsp3) is 0.0870. The molecule has 2 N–H and O–H groups in total. The molecule has 0 radical (unpaired) electrons. The summed E-state index contributed by atoms with van der Waals surface area (Å²) in [5.41, 5.74) is 0. The second-order valence-corrected chi connectivity index (χ2v) is 19.9. The Hall–Kier alpha value is -8.41. The molecule has 0 aliphatic carbocycles. The Labute approximate surface area is 394 Å². The minimum absolute atomic E-state index is 0.00537. The van der Waals surface area contributed by atoms with Crippen molar-refractivity contribution in [1.82, 2.24) is 29.9 Å². The van der Waals surface area contributed by atoms with Crippen LogP contribution in [-0.2, 0) is 29.5 Å². The Morgan fingerprint density at radius 3 is 0.710 bits per heavy atom. The van der Waals surface area contributed by atoms with Gasteiger partial charge in [0.05, 0.1) is 42.6 Å². The minimum atomic E-state index is -4.06. The van der Waals surface area contributed by atoms with Gasteiger partial charge in [-0.3, -0.25) is 0 Å². The van der Waals surface area contributed by atoms with Gasteiger partial charge in [-0.15, -0.1) is 29.9 Å². The molecule has 0 unspecified atom stereocenters. The molecule has 0 atom stereocenters. The number of rotatable bonds is 18. The number of aromatic hydroxyl groups is 2. The van der Waals surface area contributed by atoms with Crippen LogP contribution in [0, 0.1) is 0 Å². The normalized spacial score (nSPS) is 11.6. The van der Waals surface area contributed by atoms with Gasteiger partial charge < -0.3 is 38.6 Å². The van der Waals surface area contributed by atoms with Crippen LogP contribution in [0.15, 0.2) is 175 Å². The second kappa shape index (κ2) is 19.8. The van der Waals surface area contributed by atoms with Crippen molar-refractivity contribution in [2.45, 2.75) is 43.2 Å². The summed E-state index contributed by atoms with van der Waals surface area (Å²) in [4.78, 5) is 24.7. The van der Waals surface area contributed by atoms with E-state index in [0.29, 0.717) is 0 Å². The van der Waals surface area contributed by atoms with Crippen LogP contribution in [-0.4, -0.2) is 78.6 Å². The van der Waals surface area contributed by atoms with Gasteiger partial charge in [-0.2, -0.15) is 0 Å². The van der Waals surface area contributed by atoms with Gasteiger partial charge in [0.2, 0.25) is 29.5 Å². The summed E-state index contributed by atoms with van der Waals surface area (Å²) in [7, 11) is -11.8. The highest BCUT2D eigenvalue weighted by Crippen LogP contribution is 2.32. The Morgan fingerprint density at radius 1 is 0.319 bits per heavy atom. The molecule has 0 saturated heterocycles. The first-order valence-electron chi connectivity index (χ1n) is 20.3. The largest absolute Gasteiger partial charge is 0.508 e. The van der Waals surface area contributed by atoms with Crippen LogP contribution in [0.2, 0.25) is 0 Å². The van der Waals surface area contributed by atoms with Crippen LogP contribution in [0.1, 0.15) is 13.8 Å². The molecule has 0 saturated carbocycles. The van der Waals surface area contributed by atoms with Crippen molar-refractivity contribution >= 4 is 29.5 Å². The fourth-order valence-electron chi connectivity index (χ4n) is 6.04. The zero-order valence-electron chi connectivity index (χ0n) is 36.0. The van der Waals surface area contributed by atoms with Crippen LogP contribution in [0.4, 0.5) is 0 Å². The quantitative estimate of drug-likeness (QED) is 0.0825. The van der Waals surface area contributed by atoms with E-state index in [2.05, 4.69) is 29.9 Å². The van der Waals surface area contributed by atoms with E-state index in [4.69, 9.17) is 28.4 Å². The molecule has 0 bridgehead atoms. The van der Waals surface area contributed by atoms with Gasteiger partial charge in [-0.1, -0.05) is 0 Å². The molecule has 20 nitrogen and oxygen atoms in total. The van der Waals surface area contributed by atoms with Crippen molar-refractivity contribution in [1.29, 1.82) is 0 Å². The fourth-order valence-corrected chi connectivity index (χ4v) is 9.82. The third-order valence-electron chi connectivity index (χ3n) is 9.36. The van der Waals surface area contributed by atoms with Crippen LogP contribution in [0.5, 0.6) is 70.6 Å². The highest BCUT2D eigenvalue weighted by Gasteiger charge is 2.22. The van der Waals surface area contributed by atoms with Crippen molar-refractivity contribution in [2.75, 3.05) is 13.2 Å². The van der Waals surface area contributed by atoms with E-state index in [-0.39, 0.29) is 113 Å². The Balaban J connectivity index is 0.921. The third kappa shape index (κ3) is 11.1. The molecular formula is C46H36N6O14S3. The molecule has 0 fully saturated rings. The van der Waals surface area contributed by atoms with Gasteiger partial charge in [0.1, 0.15) is 34.5 Å². The van der Waals surface area contributed by atoms with E-state index in [1.807, 2.05) is 0 Å². The van der Waals surface area contributed by atoms with Crippen molar-refractivity contribution in [3.05, 3.63) is 146 Å². The predicted molar refractivity (Wildman–Crippen MR) is 241 cm³/mol. The molecule has 6 aromatic carbocycles. The number of hydrogen-bond acceptors (Lipinski definition) is 20. The van der Waals surface area contributed by atoms with Crippen LogP contribution >= 0.6 is 0 Å². The number of phenolic OH excluding ortho intramolecular Hbond substituents is 2. The number of ether oxygens (including phenoxy) is 6. The highest BCUT2D eigenvalue weighted by atomic mass is 32.2. The average Bonchev–Trinajstić information content (AvgIpc) is 3.33. The number of sulfone groups is 3. The lowest BCUT2D eigenvalue weighted by Gasteiger charge is -2.11. The Morgan fingerprint density at radius 2 is 0.507 bits per heavy atom. The Kier molecular flexibility index (Phi) is 13.5. The summed E-state index contributed by atoms with van der Waals surface area (Å²) in [6, 6.07) is 30.9. The monoisotopic (exact) mass is 992 g/mol. The van der Waals surface area contributed by atoms with Gasteiger partial charge in [0.15, 0.2) is 0 Å². The van der Waals surface area contributed by atoms with Crippen molar-refractivity contribution in [3.63, 3.8) is 0 Å². The molecule has 2 heterocycles. The van der Waals surface area contributed by atoms with E-state index in [1.165, 1.54) is 146 Å². The minimum Gasteiger partial charge on any atom is -0.508 e. The molecule has 0 spiro atoms. The van der Waals surface area contributed by atoms with E-state index >= 15 is 0 Å². The predicted octanol–water partition coefficient (Wildman–Crippen LogP) is 7.93. The molecular weight excluding hydrogens is 957 g/mol. The first-order valence-corrected chi connectivity index (χ1v) is 24.8. The lowest BCUT2D eigenvalue weighted by atomic mass is 10.3. The zero-order chi connectivity index (χ0) is 48.8. The maximum absolute atomic E-state index is 13.7. The van der Waals surface area contributed by atoms with Crippen LogP contribution in [0.3, 0.4) is 0 Å².